The zero-order valence-electron chi connectivity index (χ0n) is 14.1. The molecule has 0 aromatic heterocycles. The maximum absolute atomic E-state index is 12.4. The number of amides is 2. The van der Waals surface area contributed by atoms with Gasteiger partial charge in [-0.05, 0) is 44.2 Å². The summed E-state index contributed by atoms with van der Waals surface area (Å²) in [6, 6.07) is 7.37. The minimum absolute atomic E-state index is 0.0521. The van der Waals surface area contributed by atoms with Gasteiger partial charge in [0.05, 0.1) is 12.1 Å². The lowest BCUT2D eigenvalue weighted by atomic mass is 9.97. The van der Waals surface area contributed by atoms with Crippen molar-refractivity contribution < 1.29 is 14.3 Å². The lowest BCUT2D eigenvalue weighted by molar-refractivity contribution is -0.132. The van der Waals surface area contributed by atoms with Crippen LogP contribution in [0.5, 0.6) is 5.75 Å². The molecule has 0 bridgehead atoms. The third kappa shape index (κ3) is 3.78. The second kappa shape index (κ2) is 7.51. The van der Waals surface area contributed by atoms with Crippen molar-refractivity contribution >= 4 is 17.5 Å². The van der Waals surface area contributed by atoms with Crippen molar-refractivity contribution in [2.45, 2.75) is 44.6 Å². The van der Waals surface area contributed by atoms with Gasteiger partial charge in [0.1, 0.15) is 5.75 Å². The molecule has 0 radical (unpaired) electrons. The molecule has 0 saturated heterocycles. The Bertz CT molecular complexity index is 654. The Morgan fingerprint density at radius 3 is 2.96 bits per heavy atom. The predicted molar refractivity (Wildman–Crippen MR) is 93.1 cm³/mol. The SMILES string of the molecule is CN1C(=O)C(CC(=O)NCCC2=CCCCC2)Oc2ccccc21. The first-order chi connectivity index (χ1) is 11.6. The minimum atomic E-state index is -0.751. The van der Waals surface area contributed by atoms with Gasteiger partial charge in [-0.2, -0.15) is 0 Å². The normalized spacial score (nSPS) is 20.0. The van der Waals surface area contributed by atoms with Gasteiger partial charge in [0.2, 0.25) is 5.91 Å². The van der Waals surface area contributed by atoms with Crippen molar-refractivity contribution in [1.29, 1.82) is 0 Å². The van der Waals surface area contributed by atoms with E-state index in [4.69, 9.17) is 4.74 Å². The molecule has 0 saturated carbocycles. The Kier molecular flexibility index (Phi) is 5.18. The van der Waals surface area contributed by atoms with Gasteiger partial charge in [-0.25, -0.2) is 0 Å². The molecule has 2 aliphatic rings. The zero-order valence-corrected chi connectivity index (χ0v) is 14.1. The molecule has 1 aliphatic carbocycles. The number of nitrogens with zero attached hydrogens (tertiary/aromatic N) is 1. The Morgan fingerprint density at radius 1 is 1.33 bits per heavy atom. The molecule has 0 spiro atoms. The lowest BCUT2D eigenvalue weighted by Gasteiger charge is -2.31. The fourth-order valence-corrected chi connectivity index (χ4v) is 3.24. The molecule has 1 aliphatic heterocycles. The monoisotopic (exact) mass is 328 g/mol. The molecule has 1 N–H and O–H groups in total. The molecular weight excluding hydrogens is 304 g/mol. The number of anilines is 1. The molecule has 1 heterocycles. The Balaban J connectivity index is 1.51. The van der Waals surface area contributed by atoms with E-state index in [0.717, 1.165) is 24.9 Å². The molecule has 5 heteroatoms. The van der Waals surface area contributed by atoms with Crippen molar-refractivity contribution in [1.82, 2.24) is 5.32 Å². The highest BCUT2D eigenvalue weighted by molar-refractivity contribution is 6.01. The second-order valence-electron chi connectivity index (χ2n) is 6.38. The molecule has 2 amide bonds. The first kappa shape index (κ1) is 16.6. The predicted octanol–water partition coefficient (Wildman–Crippen LogP) is 2.81. The van der Waals surface area contributed by atoms with Crippen LogP contribution < -0.4 is 15.0 Å². The van der Waals surface area contributed by atoms with Gasteiger partial charge in [-0.3, -0.25) is 9.59 Å². The first-order valence-corrected chi connectivity index (χ1v) is 8.63. The Morgan fingerprint density at radius 2 is 2.17 bits per heavy atom. The van der Waals surface area contributed by atoms with Gasteiger partial charge in [0.25, 0.3) is 5.91 Å². The van der Waals surface area contributed by atoms with Crippen LogP contribution in [0.1, 0.15) is 38.5 Å². The highest BCUT2D eigenvalue weighted by Gasteiger charge is 2.33. The lowest BCUT2D eigenvalue weighted by Crippen LogP contribution is -2.46. The van der Waals surface area contributed by atoms with E-state index >= 15 is 0 Å². The molecule has 1 atom stereocenters. The Hall–Kier alpha value is -2.30. The van der Waals surface area contributed by atoms with Gasteiger partial charge in [0.15, 0.2) is 6.10 Å². The quantitative estimate of drug-likeness (QED) is 0.846. The van der Waals surface area contributed by atoms with E-state index in [9.17, 15) is 9.59 Å². The number of carbonyl (C=O) groups is 2. The summed E-state index contributed by atoms with van der Waals surface area (Å²) in [5.41, 5.74) is 2.17. The third-order valence-corrected chi connectivity index (χ3v) is 4.63. The van der Waals surface area contributed by atoms with Crippen molar-refractivity contribution in [3.05, 3.63) is 35.9 Å². The Labute approximate surface area is 142 Å². The molecule has 1 unspecified atom stereocenters. The van der Waals surface area contributed by atoms with E-state index in [0.29, 0.717) is 12.3 Å². The van der Waals surface area contributed by atoms with Crippen molar-refractivity contribution in [3.63, 3.8) is 0 Å². The molecule has 0 fully saturated rings. The van der Waals surface area contributed by atoms with Gasteiger partial charge in [-0.15, -0.1) is 0 Å². The number of hydrogen-bond donors (Lipinski definition) is 1. The maximum atomic E-state index is 12.4. The molecule has 128 valence electrons. The van der Waals surface area contributed by atoms with Crippen molar-refractivity contribution in [2.24, 2.45) is 0 Å². The summed E-state index contributed by atoms with van der Waals surface area (Å²) in [6.07, 6.45) is 7.29. The fourth-order valence-electron chi connectivity index (χ4n) is 3.24. The average molecular weight is 328 g/mol. The number of ether oxygens (including phenoxy) is 1. The van der Waals surface area contributed by atoms with E-state index < -0.39 is 6.10 Å². The van der Waals surface area contributed by atoms with E-state index in [1.165, 1.54) is 18.4 Å². The summed E-state index contributed by atoms with van der Waals surface area (Å²) in [5, 5.41) is 2.91. The second-order valence-corrected chi connectivity index (χ2v) is 6.38. The standard InChI is InChI=1S/C19H24N2O3/c1-21-15-9-5-6-10-16(15)24-17(19(21)23)13-18(22)20-12-11-14-7-3-2-4-8-14/h5-7,9-10,17H,2-4,8,11-13H2,1H3,(H,20,22). The number of likely N-dealkylation sites (N-methyl/N-ethyl adjacent to an activating group) is 1. The van der Waals surface area contributed by atoms with Crippen LogP contribution in [0.15, 0.2) is 35.9 Å². The van der Waals surface area contributed by atoms with Crippen molar-refractivity contribution in [3.8, 4) is 5.75 Å². The number of fused-ring (bicyclic) bond motifs is 1. The van der Waals surface area contributed by atoms with E-state index in [-0.39, 0.29) is 18.2 Å². The van der Waals surface area contributed by atoms with Crippen LogP contribution in [0.4, 0.5) is 5.69 Å². The van der Waals surface area contributed by atoms with Crippen LogP contribution >= 0.6 is 0 Å². The molecule has 1 aromatic carbocycles. The van der Waals surface area contributed by atoms with Crippen LogP contribution in [0, 0.1) is 0 Å². The van der Waals surface area contributed by atoms with Crippen LogP contribution in [0.2, 0.25) is 0 Å². The topological polar surface area (TPSA) is 58.6 Å². The van der Waals surface area contributed by atoms with E-state index in [2.05, 4.69) is 11.4 Å². The number of carbonyl (C=O) groups excluding carboxylic acids is 2. The maximum Gasteiger partial charge on any atom is 0.268 e. The number of benzene rings is 1. The summed E-state index contributed by atoms with van der Waals surface area (Å²) >= 11 is 0. The molecule has 5 nitrogen and oxygen atoms in total. The minimum Gasteiger partial charge on any atom is -0.478 e. The summed E-state index contributed by atoms with van der Waals surface area (Å²) in [6.45, 7) is 0.623. The van der Waals surface area contributed by atoms with Gasteiger partial charge >= 0.3 is 0 Å². The molecule has 24 heavy (non-hydrogen) atoms. The van der Waals surface area contributed by atoms with Crippen LogP contribution in [-0.2, 0) is 9.59 Å². The highest BCUT2D eigenvalue weighted by Crippen LogP contribution is 2.33. The smallest absolute Gasteiger partial charge is 0.268 e. The molecule has 3 rings (SSSR count). The average Bonchev–Trinajstić information content (AvgIpc) is 2.60. The van der Waals surface area contributed by atoms with Gasteiger partial charge in [-0.1, -0.05) is 23.8 Å². The third-order valence-electron chi connectivity index (χ3n) is 4.63. The number of rotatable bonds is 5. The number of para-hydroxylation sites is 2. The van der Waals surface area contributed by atoms with Crippen LogP contribution in [-0.4, -0.2) is 31.5 Å². The number of nitrogens with one attached hydrogen (secondary N) is 1. The zero-order chi connectivity index (χ0) is 16.9. The summed E-state index contributed by atoms with van der Waals surface area (Å²) in [5.74, 6) is 0.321. The van der Waals surface area contributed by atoms with Gasteiger partial charge < -0.3 is 15.0 Å². The number of allylic oxidation sites excluding steroid dienone is 1. The first-order valence-electron chi connectivity index (χ1n) is 8.63. The van der Waals surface area contributed by atoms with E-state index in [1.54, 1.807) is 11.9 Å². The van der Waals surface area contributed by atoms with Gasteiger partial charge in [0, 0.05) is 13.6 Å². The number of hydrogen-bond acceptors (Lipinski definition) is 3. The fraction of sp³-hybridized carbons (Fsp3) is 0.474. The summed E-state index contributed by atoms with van der Waals surface area (Å²) < 4.78 is 5.72. The van der Waals surface area contributed by atoms with Crippen molar-refractivity contribution in [2.75, 3.05) is 18.5 Å². The van der Waals surface area contributed by atoms with Crippen LogP contribution in [0.3, 0.4) is 0 Å². The summed E-state index contributed by atoms with van der Waals surface area (Å²) in [4.78, 5) is 26.1. The molecular formula is C19H24N2O3. The largest absolute Gasteiger partial charge is 0.478 e. The van der Waals surface area contributed by atoms with E-state index in [1.807, 2.05) is 24.3 Å². The molecule has 1 aromatic rings. The summed E-state index contributed by atoms with van der Waals surface area (Å²) in [7, 11) is 1.71. The highest BCUT2D eigenvalue weighted by atomic mass is 16.5. The van der Waals surface area contributed by atoms with Crippen LogP contribution in [0.25, 0.3) is 0 Å².